The Labute approximate surface area is 219 Å². The van der Waals surface area contributed by atoms with Crippen molar-refractivity contribution in [1.29, 1.82) is 0 Å². The summed E-state index contributed by atoms with van der Waals surface area (Å²) < 4.78 is 20.3. The van der Waals surface area contributed by atoms with Crippen LogP contribution in [0, 0.1) is 12.7 Å². The predicted octanol–water partition coefficient (Wildman–Crippen LogP) is 6.08. The highest BCUT2D eigenvalue weighted by Gasteiger charge is 2.26. The number of hydrogen-bond donors (Lipinski definition) is 3. The van der Waals surface area contributed by atoms with Crippen LogP contribution in [0.3, 0.4) is 0 Å². The fraction of sp³-hybridized carbons (Fsp3) is 0.138. The second kappa shape index (κ2) is 10.6. The first-order valence-electron chi connectivity index (χ1n) is 12.0. The number of rotatable bonds is 7. The van der Waals surface area contributed by atoms with Gasteiger partial charge in [0, 0.05) is 35.2 Å². The van der Waals surface area contributed by atoms with E-state index in [1.54, 1.807) is 54.6 Å². The number of methoxy groups -OCH3 is 1. The lowest BCUT2D eigenvalue weighted by molar-refractivity contribution is 0.102. The van der Waals surface area contributed by atoms with Gasteiger partial charge in [0.25, 0.3) is 5.91 Å². The molecule has 4 aromatic rings. The van der Waals surface area contributed by atoms with E-state index in [1.165, 1.54) is 6.07 Å². The Kier molecular flexibility index (Phi) is 6.90. The van der Waals surface area contributed by atoms with E-state index in [9.17, 15) is 9.59 Å². The molecule has 1 aromatic heterocycles. The van der Waals surface area contributed by atoms with Gasteiger partial charge in [0.05, 0.1) is 19.3 Å². The number of anilines is 4. The predicted molar refractivity (Wildman–Crippen MR) is 144 cm³/mol. The first kappa shape index (κ1) is 24.8. The quantitative estimate of drug-likeness (QED) is 0.279. The fourth-order valence-corrected chi connectivity index (χ4v) is 4.23. The van der Waals surface area contributed by atoms with Gasteiger partial charge < -0.3 is 20.3 Å². The molecule has 0 saturated heterocycles. The van der Waals surface area contributed by atoms with Gasteiger partial charge in [0.2, 0.25) is 0 Å². The van der Waals surface area contributed by atoms with E-state index < -0.39 is 5.82 Å². The van der Waals surface area contributed by atoms with Crippen LogP contribution in [0.2, 0.25) is 0 Å². The normalized spacial score (nSPS) is 12.4. The number of nitrogens with one attached hydrogen (secondary N) is 3. The number of pyridine rings is 1. The summed E-state index contributed by atoms with van der Waals surface area (Å²) in [5.41, 5.74) is 4.32. The van der Waals surface area contributed by atoms with Crippen LogP contribution in [-0.2, 0) is 13.1 Å². The Morgan fingerprint density at radius 3 is 2.63 bits per heavy atom. The Bertz CT molecular complexity index is 1510. The van der Waals surface area contributed by atoms with Crippen LogP contribution in [0.4, 0.5) is 32.1 Å². The number of aromatic nitrogens is 1. The molecule has 0 spiro atoms. The largest absolute Gasteiger partial charge is 0.497 e. The number of aryl methyl sites for hydroxylation is 1. The summed E-state index contributed by atoms with van der Waals surface area (Å²) in [6, 6.07) is 20.6. The van der Waals surface area contributed by atoms with Gasteiger partial charge in [-0.1, -0.05) is 29.8 Å². The first-order valence-corrected chi connectivity index (χ1v) is 12.0. The maximum absolute atomic E-state index is 15.1. The summed E-state index contributed by atoms with van der Waals surface area (Å²) in [6.45, 7) is 2.57. The number of nitrogens with zero attached hydrogens (tertiary/aromatic N) is 2. The van der Waals surface area contributed by atoms with Crippen LogP contribution in [0.25, 0.3) is 0 Å². The Balaban J connectivity index is 1.32. The molecule has 38 heavy (non-hydrogen) atoms. The van der Waals surface area contributed by atoms with E-state index >= 15 is 4.39 Å². The number of halogens is 1. The first-order chi connectivity index (χ1) is 18.4. The van der Waals surface area contributed by atoms with E-state index in [1.807, 2.05) is 37.3 Å². The topological polar surface area (TPSA) is 95.6 Å². The third kappa shape index (κ3) is 5.41. The second-order valence-electron chi connectivity index (χ2n) is 8.96. The molecular weight excluding hydrogens is 485 g/mol. The maximum Gasteiger partial charge on any atom is 0.323 e. The van der Waals surface area contributed by atoms with Crippen molar-refractivity contribution in [2.75, 3.05) is 23.1 Å². The molecule has 0 bridgehead atoms. The molecule has 0 atom stereocenters. The lowest BCUT2D eigenvalue weighted by atomic mass is 10.1. The number of hydrogen-bond acceptors (Lipinski definition) is 5. The molecular formula is C29H26FN5O3. The molecule has 8 nitrogen and oxygen atoms in total. The lowest BCUT2D eigenvalue weighted by Crippen LogP contribution is -2.38. The number of carbonyl (C=O) groups is 2. The summed E-state index contributed by atoms with van der Waals surface area (Å²) in [6.07, 6.45) is 1.55. The standard InChI is InChI=1S/C29H26FN5O3/c1-18-4-3-5-20(14-18)28(36)32-21-8-11-26(24(30)15-21)33-25-12-13-31-27-23(25)17-35(29(37)34-27)16-19-6-9-22(38-2)10-7-19/h3-15H,16-17H2,1-2H3,(H,32,36)(H2,31,33,34,37). The molecule has 5 rings (SSSR count). The van der Waals surface area contributed by atoms with Crippen molar-refractivity contribution in [3.63, 3.8) is 0 Å². The number of carbonyl (C=O) groups excluding carboxylic acids is 2. The summed E-state index contributed by atoms with van der Waals surface area (Å²) >= 11 is 0. The molecule has 0 unspecified atom stereocenters. The van der Waals surface area contributed by atoms with E-state index in [0.29, 0.717) is 29.3 Å². The van der Waals surface area contributed by atoms with Crippen molar-refractivity contribution in [1.82, 2.24) is 9.88 Å². The number of ether oxygens (including phenoxy) is 1. The molecule has 0 aliphatic carbocycles. The molecule has 1 aliphatic heterocycles. The summed E-state index contributed by atoms with van der Waals surface area (Å²) in [5.74, 6) is 0.311. The highest BCUT2D eigenvalue weighted by atomic mass is 19.1. The Morgan fingerprint density at radius 2 is 1.89 bits per heavy atom. The number of urea groups is 1. The second-order valence-corrected chi connectivity index (χ2v) is 8.96. The Morgan fingerprint density at radius 1 is 1.08 bits per heavy atom. The third-order valence-electron chi connectivity index (χ3n) is 6.23. The number of fused-ring (bicyclic) bond motifs is 1. The zero-order valence-electron chi connectivity index (χ0n) is 20.9. The lowest BCUT2D eigenvalue weighted by Gasteiger charge is -2.30. The van der Waals surface area contributed by atoms with Crippen molar-refractivity contribution in [2.24, 2.45) is 0 Å². The monoisotopic (exact) mass is 511 g/mol. The van der Waals surface area contributed by atoms with E-state index in [4.69, 9.17) is 4.74 Å². The molecule has 0 fully saturated rings. The highest BCUT2D eigenvalue weighted by molar-refractivity contribution is 6.04. The van der Waals surface area contributed by atoms with Gasteiger partial charge in [0.1, 0.15) is 17.4 Å². The highest BCUT2D eigenvalue weighted by Crippen LogP contribution is 2.32. The van der Waals surface area contributed by atoms with Crippen LogP contribution < -0.4 is 20.7 Å². The van der Waals surface area contributed by atoms with Crippen molar-refractivity contribution in [3.8, 4) is 5.75 Å². The van der Waals surface area contributed by atoms with Gasteiger partial charge in [-0.3, -0.25) is 10.1 Å². The minimum absolute atomic E-state index is 0.227. The molecule has 3 aromatic carbocycles. The number of amides is 3. The van der Waals surface area contributed by atoms with Gasteiger partial charge in [-0.2, -0.15) is 0 Å². The summed E-state index contributed by atoms with van der Waals surface area (Å²) in [7, 11) is 1.60. The Hall–Kier alpha value is -4.92. The SMILES string of the molecule is COc1ccc(CN2Cc3c(Nc4ccc(NC(=O)c5cccc(C)c5)cc4F)ccnc3NC2=O)cc1. The van der Waals surface area contributed by atoms with E-state index in [0.717, 1.165) is 22.4 Å². The minimum Gasteiger partial charge on any atom is -0.497 e. The maximum atomic E-state index is 15.1. The van der Waals surface area contributed by atoms with Crippen molar-refractivity contribution in [2.45, 2.75) is 20.0 Å². The average Bonchev–Trinajstić information content (AvgIpc) is 2.91. The molecule has 2 heterocycles. The molecule has 192 valence electrons. The van der Waals surface area contributed by atoms with Crippen LogP contribution >= 0.6 is 0 Å². The van der Waals surface area contributed by atoms with E-state index in [-0.39, 0.29) is 24.2 Å². The molecule has 9 heteroatoms. The smallest absolute Gasteiger partial charge is 0.323 e. The summed E-state index contributed by atoms with van der Waals surface area (Å²) in [5, 5.41) is 8.66. The van der Waals surface area contributed by atoms with Crippen LogP contribution in [0.15, 0.2) is 79.0 Å². The van der Waals surface area contributed by atoms with Crippen LogP contribution in [0.5, 0.6) is 5.75 Å². The molecule has 0 radical (unpaired) electrons. The molecule has 3 amide bonds. The fourth-order valence-electron chi connectivity index (χ4n) is 4.23. The van der Waals surface area contributed by atoms with Crippen LogP contribution in [-0.4, -0.2) is 28.9 Å². The van der Waals surface area contributed by atoms with Gasteiger partial charge in [0.15, 0.2) is 0 Å². The van der Waals surface area contributed by atoms with Crippen molar-refractivity contribution < 1.29 is 18.7 Å². The van der Waals surface area contributed by atoms with Crippen LogP contribution in [0.1, 0.15) is 27.0 Å². The summed E-state index contributed by atoms with van der Waals surface area (Å²) in [4.78, 5) is 31.2. The zero-order valence-corrected chi connectivity index (χ0v) is 20.9. The third-order valence-corrected chi connectivity index (χ3v) is 6.23. The van der Waals surface area contributed by atoms with Gasteiger partial charge in [-0.05, 0) is 61.0 Å². The minimum atomic E-state index is -0.535. The molecule has 3 N–H and O–H groups in total. The molecule has 1 aliphatic rings. The van der Waals surface area contributed by atoms with Crippen molar-refractivity contribution >= 4 is 34.8 Å². The zero-order chi connectivity index (χ0) is 26.6. The van der Waals surface area contributed by atoms with Gasteiger partial charge >= 0.3 is 6.03 Å². The van der Waals surface area contributed by atoms with E-state index in [2.05, 4.69) is 20.9 Å². The van der Waals surface area contributed by atoms with Gasteiger partial charge in [-0.25, -0.2) is 14.2 Å². The average molecular weight is 512 g/mol. The molecule has 0 saturated carbocycles. The van der Waals surface area contributed by atoms with Gasteiger partial charge in [-0.15, -0.1) is 0 Å². The van der Waals surface area contributed by atoms with Crippen molar-refractivity contribution in [3.05, 3.63) is 107 Å². The number of benzene rings is 3.